The summed E-state index contributed by atoms with van der Waals surface area (Å²) in [5.74, 6) is 0.412. The number of carbonyl (C=O) groups excluding carboxylic acids is 2. The highest BCUT2D eigenvalue weighted by molar-refractivity contribution is 8.26. The van der Waals surface area contributed by atoms with Gasteiger partial charge in [-0.3, -0.25) is 15.0 Å². The summed E-state index contributed by atoms with van der Waals surface area (Å²) in [6.07, 6.45) is 1.72. The summed E-state index contributed by atoms with van der Waals surface area (Å²) < 4.78 is 12.0. The number of nitrogens with zero attached hydrogens (tertiary/aromatic N) is 1. The molecule has 0 saturated carbocycles. The van der Waals surface area contributed by atoms with Crippen LogP contribution in [0.3, 0.4) is 0 Å². The zero-order chi connectivity index (χ0) is 24.8. The first-order chi connectivity index (χ1) is 16.9. The average Bonchev–Trinajstić information content (AvgIpc) is 3.12. The number of ether oxygens (including phenoxy) is 2. The Kier molecular flexibility index (Phi) is 7.84. The van der Waals surface area contributed by atoms with Crippen molar-refractivity contribution in [2.45, 2.75) is 20.5 Å². The number of thioether (sulfide) groups is 1. The number of nitrogens with one attached hydrogen (secondary N) is 1. The lowest BCUT2D eigenvalue weighted by Crippen LogP contribution is -2.44. The van der Waals surface area contributed by atoms with E-state index >= 15 is 0 Å². The number of hydrazine groups is 1. The quantitative estimate of drug-likeness (QED) is 0.322. The summed E-state index contributed by atoms with van der Waals surface area (Å²) in [7, 11) is 0. The van der Waals surface area contributed by atoms with Crippen molar-refractivity contribution >= 4 is 46.2 Å². The second-order valence-electron chi connectivity index (χ2n) is 7.74. The molecule has 1 aliphatic heterocycles. The van der Waals surface area contributed by atoms with E-state index in [1.54, 1.807) is 18.2 Å². The normalized spacial score (nSPS) is 14.3. The average molecular weight is 505 g/mol. The fourth-order valence-electron chi connectivity index (χ4n) is 3.32. The van der Waals surface area contributed by atoms with E-state index in [1.165, 1.54) is 0 Å². The second kappa shape index (κ2) is 11.2. The molecular weight excluding hydrogens is 480 g/mol. The summed E-state index contributed by atoms with van der Waals surface area (Å²) in [5.41, 5.74) is 5.89. The number of carbonyl (C=O) groups is 2. The van der Waals surface area contributed by atoms with E-state index < -0.39 is 5.91 Å². The van der Waals surface area contributed by atoms with Gasteiger partial charge in [0.2, 0.25) is 0 Å². The standard InChI is InChI=1S/C27H24N2O4S2/c1-3-32-23-15-20(11-14-22(23)33-17-19-7-5-4-6-8-19)16-24-26(31)29(27(34)35-24)28-25(30)21-12-9-18(2)10-13-21/h4-16H,3,17H2,1-2H3,(H,28,30)/b24-16-. The Balaban J connectivity index is 1.48. The van der Waals surface area contributed by atoms with Gasteiger partial charge in [0.1, 0.15) is 6.61 Å². The molecule has 6 nitrogen and oxygen atoms in total. The highest BCUT2D eigenvalue weighted by Crippen LogP contribution is 2.34. The Morgan fingerprint density at radius 2 is 1.77 bits per heavy atom. The van der Waals surface area contributed by atoms with Crippen LogP contribution in [0, 0.1) is 6.92 Å². The van der Waals surface area contributed by atoms with Crippen molar-refractivity contribution in [2.24, 2.45) is 0 Å². The van der Waals surface area contributed by atoms with E-state index in [0.29, 0.717) is 35.2 Å². The van der Waals surface area contributed by atoms with Gasteiger partial charge in [-0.1, -0.05) is 65.9 Å². The van der Waals surface area contributed by atoms with Crippen LogP contribution in [-0.4, -0.2) is 27.8 Å². The molecule has 2 amide bonds. The summed E-state index contributed by atoms with van der Waals surface area (Å²) in [4.78, 5) is 25.9. The lowest BCUT2D eigenvalue weighted by atomic mass is 10.1. The maximum Gasteiger partial charge on any atom is 0.285 e. The van der Waals surface area contributed by atoms with Crippen LogP contribution in [0.4, 0.5) is 0 Å². The third-order valence-corrected chi connectivity index (χ3v) is 6.43. The van der Waals surface area contributed by atoms with Crippen molar-refractivity contribution in [1.82, 2.24) is 10.4 Å². The molecule has 1 fully saturated rings. The molecule has 0 radical (unpaired) electrons. The monoisotopic (exact) mass is 504 g/mol. The third-order valence-electron chi connectivity index (χ3n) is 5.12. The topological polar surface area (TPSA) is 67.9 Å². The van der Waals surface area contributed by atoms with Crippen molar-refractivity contribution in [1.29, 1.82) is 0 Å². The molecule has 3 aromatic rings. The Labute approximate surface area is 213 Å². The molecule has 8 heteroatoms. The minimum Gasteiger partial charge on any atom is -0.490 e. The van der Waals surface area contributed by atoms with Crippen LogP contribution in [-0.2, 0) is 11.4 Å². The largest absolute Gasteiger partial charge is 0.490 e. The summed E-state index contributed by atoms with van der Waals surface area (Å²) in [5, 5.41) is 1.11. The predicted molar refractivity (Wildman–Crippen MR) is 142 cm³/mol. The SMILES string of the molecule is CCOc1cc(/C=C2\SC(=S)N(NC(=O)c3ccc(C)cc3)C2=O)ccc1OCc1ccccc1. The minimum atomic E-state index is -0.402. The first-order valence-corrected chi connectivity index (χ1v) is 12.3. The highest BCUT2D eigenvalue weighted by Gasteiger charge is 2.33. The Hall–Kier alpha value is -3.62. The van der Waals surface area contributed by atoms with Gasteiger partial charge in [-0.25, -0.2) is 0 Å². The van der Waals surface area contributed by atoms with E-state index in [0.717, 1.165) is 33.5 Å². The zero-order valence-corrected chi connectivity index (χ0v) is 20.9. The smallest absolute Gasteiger partial charge is 0.285 e. The molecule has 0 aromatic heterocycles. The number of hydrogen-bond donors (Lipinski definition) is 1. The Morgan fingerprint density at radius 1 is 1.03 bits per heavy atom. The van der Waals surface area contributed by atoms with Gasteiger partial charge in [0.05, 0.1) is 11.5 Å². The summed E-state index contributed by atoms with van der Waals surface area (Å²) in [6, 6.07) is 22.4. The molecule has 1 saturated heterocycles. The van der Waals surface area contributed by atoms with E-state index in [-0.39, 0.29) is 10.2 Å². The molecule has 1 heterocycles. The van der Waals surface area contributed by atoms with E-state index in [2.05, 4.69) is 5.43 Å². The van der Waals surface area contributed by atoms with Gasteiger partial charge < -0.3 is 9.47 Å². The van der Waals surface area contributed by atoms with Crippen molar-refractivity contribution in [3.8, 4) is 11.5 Å². The molecule has 0 bridgehead atoms. The molecule has 4 rings (SSSR count). The van der Waals surface area contributed by atoms with E-state index in [9.17, 15) is 9.59 Å². The first kappa shape index (κ1) is 24.5. The van der Waals surface area contributed by atoms with Gasteiger partial charge in [-0.05, 0) is 67.5 Å². The fourth-order valence-corrected chi connectivity index (χ4v) is 4.50. The zero-order valence-electron chi connectivity index (χ0n) is 19.3. The van der Waals surface area contributed by atoms with Gasteiger partial charge >= 0.3 is 0 Å². The third kappa shape index (κ3) is 6.09. The highest BCUT2D eigenvalue weighted by atomic mass is 32.2. The van der Waals surface area contributed by atoms with Crippen LogP contribution in [0.5, 0.6) is 11.5 Å². The molecule has 0 atom stereocenters. The number of rotatable bonds is 8. The van der Waals surface area contributed by atoms with Crippen LogP contribution in [0.1, 0.15) is 34.0 Å². The van der Waals surface area contributed by atoms with Crippen molar-refractivity contribution in [3.05, 3.63) is 100.0 Å². The lowest BCUT2D eigenvalue weighted by Gasteiger charge is -2.15. The molecule has 1 N–H and O–H groups in total. The maximum atomic E-state index is 13.0. The predicted octanol–water partition coefficient (Wildman–Crippen LogP) is 5.52. The van der Waals surface area contributed by atoms with Gasteiger partial charge in [-0.15, -0.1) is 0 Å². The Bertz CT molecular complexity index is 1270. The number of thiocarbonyl (C=S) groups is 1. The molecule has 0 spiro atoms. The fraction of sp³-hybridized carbons (Fsp3) is 0.148. The van der Waals surface area contributed by atoms with Gasteiger partial charge in [0, 0.05) is 5.56 Å². The number of benzene rings is 3. The number of amides is 2. The van der Waals surface area contributed by atoms with E-state index in [1.807, 2.05) is 74.5 Å². The van der Waals surface area contributed by atoms with E-state index in [4.69, 9.17) is 21.7 Å². The molecule has 0 aliphatic carbocycles. The van der Waals surface area contributed by atoms with Crippen LogP contribution < -0.4 is 14.9 Å². The van der Waals surface area contributed by atoms with Gasteiger partial charge in [-0.2, -0.15) is 5.01 Å². The van der Waals surface area contributed by atoms with Gasteiger partial charge in [0.15, 0.2) is 15.8 Å². The first-order valence-electron chi connectivity index (χ1n) is 11.0. The summed E-state index contributed by atoms with van der Waals surface area (Å²) in [6.45, 7) is 4.72. The van der Waals surface area contributed by atoms with Crippen molar-refractivity contribution < 1.29 is 19.1 Å². The Morgan fingerprint density at radius 3 is 2.49 bits per heavy atom. The van der Waals surface area contributed by atoms with Crippen LogP contribution in [0.25, 0.3) is 6.08 Å². The lowest BCUT2D eigenvalue weighted by molar-refractivity contribution is -0.123. The van der Waals surface area contributed by atoms with Crippen LogP contribution >= 0.6 is 24.0 Å². The second-order valence-corrected chi connectivity index (χ2v) is 9.41. The van der Waals surface area contributed by atoms with Crippen molar-refractivity contribution in [3.63, 3.8) is 0 Å². The maximum absolute atomic E-state index is 13.0. The number of hydrogen-bond acceptors (Lipinski definition) is 6. The molecule has 1 aliphatic rings. The van der Waals surface area contributed by atoms with Crippen molar-refractivity contribution in [2.75, 3.05) is 6.61 Å². The van der Waals surface area contributed by atoms with Crippen LogP contribution in [0.15, 0.2) is 77.7 Å². The molecular formula is C27H24N2O4S2. The molecule has 178 valence electrons. The molecule has 0 unspecified atom stereocenters. The molecule has 35 heavy (non-hydrogen) atoms. The van der Waals surface area contributed by atoms with Gasteiger partial charge in [0.25, 0.3) is 11.8 Å². The summed E-state index contributed by atoms with van der Waals surface area (Å²) >= 11 is 6.47. The minimum absolute atomic E-state index is 0.259. The number of aryl methyl sites for hydroxylation is 1. The van der Waals surface area contributed by atoms with Crippen LogP contribution in [0.2, 0.25) is 0 Å². The molecule has 3 aromatic carbocycles.